The van der Waals surface area contributed by atoms with Crippen LogP contribution >= 0.6 is 15.9 Å². The predicted molar refractivity (Wildman–Crippen MR) is 147 cm³/mol. The molecule has 1 amide bonds. The molecule has 0 aliphatic carbocycles. The standard InChI is InChI=1S/C30H25BrN2O3/c1-19-8-9-20(2)27(12-19)33-30(34)25(17-32)14-24-15-28(35-3)29(16-26(24)31)36-18-21-10-11-22-6-4-5-7-23(22)13-21/h4-16H,18H2,1-3H3,(H,33,34)/b25-14+. The number of methoxy groups -OCH3 is 1. The Labute approximate surface area is 219 Å². The highest BCUT2D eigenvalue weighted by atomic mass is 79.9. The van der Waals surface area contributed by atoms with Gasteiger partial charge in [0.2, 0.25) is 0 Å². The molecule has 4 rings (SSSR count). The van der Waals surface area contributed by atoms with Crippen molar-refractivity contribution in [2.75, 3.05) is 12.4 Å². The van der Waals surface area contributed by atoms with Crippen LogP contribution in [0.4, 0.5) is 5.69 Å². The molecule has 0 saturated heterocycles. The van der Waals surface area contributed by atoms with Gasteiger partial charge in [-0.25, -0.2) is 0 Å². The summed E-state index contributed by atoms with van der Waals surface area (Å²) in [4.78, 5) is 12.8. The van der Waals surface area contributed by atoms with Crippen LogP contribution in [0.5, 0.6) is 11.5 Å². The highest BCUT2D eigenvalue weighted by Gasteiger charge is 2.15. The van der Waals surface area contributed by atoms with Crippen LogP contribution in [0, 0.1) is 25.2 Å². The Kier molecular flexibility index (Phi) is 7.72. The maximum atomic E-state index is 12.8. The number of rotatable bonds is 7. The van der Waals surface area contributed by atoms with Gasteiger partial charge in [-0.15, -0.1) is 0 Å². The average molecular weight is 541 g/mol. The summed E-state index contributed by atoms with van der Waals surface area (Å²) >= 11 is 3.54. The third-order valence-electron chi connectivity index (χ3n) is 5.80. The van der Waals surface area contributed by atoms with Gasteiger partial charge in [-0.3, -0.25) is 4.79 Å². The van der Waals surface area contributed by atoms with E-state index in [2.05, 4.69) is 45.5 Å². The smallest absolute Gasteiger partial charge is 0.266 e. The van der Waals surface area contributed by atoms with Crippen molar-refractivity contribution in [2.24, 2.45) is 0 Å². The van der Waals surface area contributed by atoms with Gasteiger partial charge in [-0.1, -0.05) is 64.5 Å². The number of nitrogens with one attached hydrogen (secondary N) is 1. The van der Waals surface area contributed by atoms with E-state index in [1.54, 1.807) is 19.2 Å². The molecule has 4 aromatic carbocycles. The lowest BCUT2D eigenvalue weighted by Gasteiger charge is -2.14. The zero-order chi connectivity index (χ0) is 25.7. The first kappa shape index (κ1) is 25.0. The minimum Gasteiger partial charge on any atom is -0.493 e. The van der Waals surface area contributed by atoms with Crippen molar-refractivity contribution >= 4 is 44.4 Å². The summed E-state index contributed by atoms with van der Waals surface area (Å²) in [5.41, 5.74) is 4.24. The molecule has 0 spiro atoms. The van der Waals surface area contributed by atoms with Gasteiger partial charge in [0.1, 0.15) is 18.2 Å². The Balaban J connectivity index is 1.55. The quantitative estimate of drug-likeness (QED) is 0.196. The van der Waals surface area contributed by atoms with E-state index in [0.29, 0.717) is 33.8 Å². The molecule has 0 aromatic heterocycles. The molecule has 0 fully saturated rings. The van der Waals surface area contributed by atoms with Gasteiger partial charge in [-0.05, 0) is 77.2 Å². The molecule has 0 unspecified atom stereocenters. The number of aryl methyl sites for hydroxylation is 2. The number of nitrogens with zero attached hydrogens (tertiary/aromatic N) is 1. The van der Waals surface area contributed by atoms with Crippen LogP contribution in [0.25, 0.3) is 16.8 Å². The van der Waals surface area contributed by atoms with Gasteiger partial charge >= 0.3 is 0 Å². The van der Waals surface area contributed by atoms with Crippen molar-refractivity contribution < 1.29 is 14.3 Å². The minimum absolute atomic E-state index is 0.0245. The largest absolute Gasteiger partial charge is 0.493 e. The number of carbonyl (C=O) groups excluding carboxylic acids is 1. The van der Waals surface area contributed by atoms with Crippen molar-refractivity contribution in [2.45, 2.75) is 20.5 Å². The summed E-state index contributed by atoms with van der Waals surface area (Å²) in [6.07, 6.45) is 1.53. The monoisotopic (exact) mass is 540 g/mol. The predicted octanol–water partition coefficient (Wildman–Crippen LogP) is 7.35. The highest BCUT2D eigenvalue weighted by molar-refractivity contribution is 9.10. The molecule has 0 aliphatic rings. The SMILES string of the molecule is COc1cc(/C=C(\C#N)C(=O)Nc2cc(C)ccc2C)c(Br)cc1OCc1ccc2ccccc2c1. The Morgan fingerprint density at radius 1 is 1.00 bits per heavy atom. The molecular weight excluding hydrogens is 516 g/mol. The Bertz CT molecular complexity index is 1520. The van der Waals surface area contributed by atoms with Crippen LogP contribution in [0.2, 0.25) is 0 Å². The highest BCUT2D eigenvalue weighted by Crippen LogP contribution is 2.35. The zero-order valence-electron chi connectivity index (χ0n) is 20.3. The summed E-state index contributed by atoms with van der Waals surface area (Å²) in [6.45, 7) is 4.22. The summed E-state index contributed by atoms with van der Waals surface area (Å²) in [7, 11) is 1.55. The molecular formula is C30H25BrN2O3. The minimum atomic E-state index is -0.478. The fourth-order valence-electron chi connectivity index (χ4n) is 3.79. The van der Waals surface area contributed by atoms with Gasteiger partial charge in [-0.2, -0.15) is 5.26 Å². The Morgan fingerprint density at radius 2 is 1.78 bits per heavy atom. The van der Waals surface area contributed by atoms with Crippen molar-refractivity contribution in [3.63, 3.8) is 0 Å². The molecule has 0 bridgehead atoms. The molecule has 36 heavy (non-hydrogen) atoms. The van der Waals surface area contributed by atoms with Crippen molar-refractivity contribution in [3.8, 4) is 17.6 Å². The fraction of sp³-hybridized carbons (Fsp3) is 0.133. The number of ether oxygens (including phenoxy) is 2. The average Bonchev–Trinajstić information content (AvgIpc) is 2.88. The maximum absolute atomic E-state index is 12.8. The first-order valence-electron chi connectivity index (χ1n) is 11.4. The van der Waals surface area contributed by atoms with Gasteiger partial charge in [0.05, 0.1) is 7.11 Å². The van der Waals surface area contributed by atoms with E-state index in [-0.39, 0.29) is 5.57 Å². The first-order valence-corrected chi connectivity index (χ1v) is 12.2. The van der Waals surface area contributed by atoms with Gasteiger partial charge in [0.15, 0.2) is 11.5 Å². The van der Waals surface area contributed by atoms with Crippen LogP contribution in [-0.2, 0) is 11.4 Å². The maximum Gasteiger partial charge on any atom is 0.266 e. The number of anilines is 1. The summed E-state index contributed by atoms with van der Waals surface area (Å²) in [5.74, 6) is 0.569. The number of carbonyl (C=O) groups is 1. The Hall–Kier alpha value is -4.08. The van der Waals surface area contributed by atoms with Crippen LogP contribution in [0.3, 0.4) is 0 Å². The molecule has 6 heteroatoms. The fourth-order valence-corrected chi connectivity index (χ4v) is 4.22. The van der Waals surface area contributed by atoms with Crippen LogP contribution in [-0.4, -0.2) is 13.0 Å². The van der Waals surface area contributed by atoms with Gasteiger partial charge in [0, 0.05) is 10.2 Å². The topological polar surface area (TPSA) is 71.3 Å². The summed E-state index contributed by atoms with van der Waals surface area (Å²) < 4.78 is 12.3. The number of benzene rings is 4. The van der Waals surface area contributed by atoms with E-state index in [9.17, 15) is 10.1 Å². The second kappa shape index (κ2) is 11.1. The van der Waals surface area contributed by atoms with Crippen LogP contribution < -0.4 is 14.8 Å². The number of hydrogen-bond acceptors (Lipinski definition) is 4. The molecule has 0 aliphatic heterocycles. The second-order valence-electron chi connectivity index (χ2n) is 8.44. The van der Waals surface area contributed by atoms with E-state index in [4.69, 9.17) is 9.47 Å². The lowest BCUT2D eigenvalue weighted by atomic mass is 10.1. The second-order valence-corrected chi connectivity index (χ2v) is 9.29. The first-order chi connectivity index (χ1) is 17.4. The zero-order valence-corrected chi connectivity index (χ0v) is 21.8. The molecule has 0 radical (unpaired) electrons. The molecule has 1 N–H and O–H groups in total. The molecule has 0 heterocycles. The third-order valence-corrected chi connectivity index (χ3v) is 6.48. The van der Waals surface area contributed by atoms with Crippen LogP contribution in [0.1, 0.15) is 22.3 Å². The number of fused-ring (bicyclic) bond motifs is 1. The number of halogens is 1. The van der Waals surface area contributed by atoms with Crippen molar-refractivity contribution in [1.29, 1.82) is 5.26 Å². The van der Waals surface area contributed by atoms with Crippen LogP contribution in [0.15, 0.2) is 82.8 Å². The van der Waals surface area contributed by atoms with Crippen molar-refractivity contribution in [1.82, 2.24) is 0 Å². The lowest BCUT2D eigenvalue weighted by Crippen LogP contribution is -2.14. The molecule has 0 atom stereocenters. The van der Waals surface area contributed by atoms with E-state index < -0.39 is 5.91 Å². The molecule has 0 saturated carbocycles. The summed E-state index contributed by atoms with van der Waals surface area (Å²) in [6, 6.07) is 25.7. The summed E-state index contributed by atoms with van der Waals surface area (Å²) in [5, 5.41) is 14.8. The van der Waals surface area contributed by atoms with Crippen molar-refractivity contribution in [3.05, 3.63) is 105 Å². The Morgan fingerprint density at radius 3 is 2.53 bits per heavy atom. The molecule has 180 valence electrons. The van der Waals surface area contributed by atoms with E-state index in [1.807, 2.05) is 56.3 Å². The lowest BCUT2D eigenvalue weighted by molar-refractivity contribution is -0.112. The van der Waals surface area contributed by atoms with E-state index in [0.717, 1.165) is 22.1 Å². The van der Waals surface area contributed by atoms with E-state index >= 15 is 0 Å². The normalized spacial score (nSPS) is 11.1. The number of nitriles is 1. The van der Waals surface area contributed by atoms with Gasteiger partial charge in [0.25, 0.3) is 5.91 Å². The molecule has 4 aromatic rings. The number of hydrogen-bond donors (Lipinski definition) is 1. The van der Waals surface area contributed by atoms with E-state index in [1.165, 1.54) is 11.5 Å². The number of amides is 1. The van der Waals surface area contributed by atoms with Gasteiger partial charge < -0.3 is 14.8 Å². The third kappa shape index (κ3) is 5.76. The molecule has 5 nitrogen and oxygen atoms in total.